The minimum absolute atomic E-state index is 0.261. The van der Waals surface area contributed by atoms with Gasteiger partial charge in [-0.3, -0.25) is 4.79 Å². The van der Waals surface area contributed by atoms with Crippen molar-refractivity contribution in [2.24, 2.45) is 0 Å². The van der Waals surface area contributed by atoms with Crippen LogP contribution in [0.1, 0.15) is 13.3 Å². The van der Waals surface area contributed by atoms with E-state index in [0.717, 1.165) is 43.8 Å². The summed E-state index contributed by atoms with van der Waals surface area (Å²) < 4.78 is 10.9. The number of aldehydes is 1. The summed E-state index contributed by atoms with van der Waals surface area (Å²) in [5.41, 5.74) is 3.87. The van der Waals surface area contributed by atoms with Gasteiger partial charge in [0.1, 0.15) is 0 Å². The molecule has 8 heteroatoms. The lowest BCUT2D eigenvalue weighted by Gasteiger charge is -2.28. The third kappa shape index (κ3) is 3.81. The number of aromatic amines is 1. The quantitative estimate of drug-likeness (QED) is 0.638. The second-order valence-corrected chi connectivity index (χ2v) is 6.99. The van der Waals surface area contributed by atoms with Crippen molar-refractivity contribution in [2.45, 2.75) is 19.4 Å². The molecule has 1 N–H and O–H groups in total. The molecule has 1 saturated heterocycles. The first-order valence-electron chi connectivity index (χ1n) is 9.29. The first kappa shape index (κ1) is 18.7. The van der Waals surface area contributed by atoms with E-state index in [0.29, 0.717) is 28.3 Å². The maximum absolute atomic E-state index is 11.0. The Kier molecular flexibility index (Phi) is 5.45. The summed E-state index contributed by atoms with van der Waals surface area (Å²) in [5, 5.41) is 0.518. The molecule has 1 aliphatic rings. The number of H-pyrrole nitrogens is 1. The van der Waals surface area contributed by atoms with Gasteiger partial charge in [0.15, 0.2) is 18.0 Å². The lowest BCUT2D eigenvalue weighted by molar-refractivity contribution is -0.114. The van der Waals surface area contributed by atoms with Gasteiger partial charge in [-0.25, -0.2) is 4.98 Å². The average Bonchev–Trinajstić information content (AvgIpc) is 3.13. The number of aromatic nitrogens is 3. The van der Waals surface area contributed by atoms with Crippen LogP contribution in [0, 0.1) is 0 Å². The van der Waals surface area contributed by atoms with Crippen LogP contribution in [0.3, 0.4) is 0 Å². The highest BCUT2D eigenvalue weighted by Gasteiger charge is 2.15. The van der Waals surface area contributed by atoms with Gasteiger partial charge in [0.2, 0.25) is 0 Å². The molecule has 0 saturated carbocycles. The number of morpholine rings is 1. The van der Waals surface area contributed by atoms with Crippen LogP contribution >= 0.6 is 11.6 Å². The third-order valence-electron chi connectivity index (χ3n) is 4.74. The van der Waals surface area contributed by atoms with Crippen LogP contribution in [-0.2, 0) is 9.53 Å². The number of rotatable bonds is 6. The Morgan fingerprint density at radius 1 is 1.29 bits per heavy atom. The lowest BCUT2D eigenvalue weighted by atomic mass is 10.1. The number of hydrogen-bond acceptors (Lipinski definition) is 6. The molecular formula is C20H21ClN4O3. The fraction of sp³-hybridized carbons (Fsp3) is 0.350. The molecule has 0 aliphatic carbocycles. The number of fused-ring (bicyclic) bond motifs is 1. The highest BCUT2D eigenvalue weighted by atomic mass is 35.5. The van der Waals surface area contributed by atoms with Gasteiger partial charge < -0.3 is 19.4 Å². The molecule has 1 atom stereocenters. The molecule has 3 aromatic rings. The van der Waals surface area contributed by atoms with Crippen LogP contribution in [0.2, 0.25) is 5.02 Å². The molecule has 1 aliphatic heterocycles. The number of hydrogen-bond donors (Lipinski definition) is 1. The molecular weight excluding hydrogens is 380 g/mol. The van der Waals surface area contributed by atoms with Crippen molar-refractivity contribution < 1.29 is 14.3 Å². The minimum Gasteiger partial charge on any atom is -0.454 e. The largest absolute Gasteiger partial charge is 0.454 e. The van der Waals surface area contributed by atoms with Gasteiger partial charge in [-0.1, -0.05) is 30.7 Å². The minimum atomic E-state index is -0.539. The zero-order valence-corrected chi connectivity index (χ0v) is 16.3. The lowest BCUT2D eigenvalue weighted by Crippen LogP contribution is -2.36. The highest BCUT2D eigenvalue weighted by molar-refractivity contribution is 6.33. The SMILES string of the molecule is CCC(C=O)Oc1nc2nc(-c3ccc(N4CCOCC4)cc3)c(Cl)cc2[nH]1. The number of pyridine rings is 1. The maximum atomic E-state index is 11.0. The molecule has 28 heavy (non-hydrogen) atoms. The van der Waals surface area contributed by atoms with Crippen LogP contribution in [0.15, 0.2) is 30.3 Å². The van der Waals surface area contributed by atoms with Gasteiger partial charge in [0, 0.05) is 24.3 Å². The molecule has 1 unspecified atom stereocenters. The van der Waals surface area contributed by atoms with Crippen molar-refractivity contribution in [3.63, 3.8) is 0 Å². The van der Waals surface area contributed by atoms with Crippen LogP contribution < -0.4 is 9.64 Å². The van der Waals surface area contributed by atoms with E-state index in [1.165, 1.54) is 0 Å². The highest BCUT2D eigenvalue weighted by Crippen LogP contribution is 2.31. The van der Waals surface area contributed by atoms with Gasteiger partial charge in [0.05, 0.1) is 29.4 Å². The van der Waals surface area contributed by atoms with Crippen molar-refractivity contribution in [3.8, 4) is 17.3 Å². The number of nitrogens with one attached hydrogen (secondary N) is 1. The number of carbonyl (C=O) groups is 1. The van der Waals surface area contributed by atoms with E-state index in [1.54, 1.807) is 6.07 Å². The second-order valence-electron chi connectivity index (χ2n) is 6.58. The van der Waals surface area contributed by atoms with Gasteiger partial charge >= 0.3 is 0 Å². The number of anilines is 1. The van der Waals surface area contributed by atoms with Crippen LogP contribution in [0.4, 0.5) is 5.69 Å². The van der Waals surface area contributed by atoms with Crippen molar-refractivity contribution in [1.82, 2.24) is 15.0 Å². The summed E-state index contributed by atoms with van der Waals surface area (Å²) in [6, 6.07) is 10.2. The number of nitrogens with zero attached hydrogens (tertiary/aromatic N) is 3. The maximum Gasteiger partial charge on any atom is 0.296 e. The summed E-state index contributed by atoms with van der Waals surface area (Å²) in [4.78, 5) is 25.2. The molecule has 0 bridgehead atoms. The molecule has 1 aromatic carbocycles. The standard InChI is InChI=1S/C20H21ClN4O3/c1-2-15(12-26)28-20-22-17-11-16(21)18(23-19(17)24-20)13-3-5-14(6-4-13)25-7-9-27-10-8-25/h3-6,11-12,15H,2,7-10H2,1H3,(H,22,23,24). The monoisotopic (exact) mass is 400 g/mol. The van der Waals surface area contributed by atoms with E-state index in [2.05, 4.69) is 32.0 Å². The van der Waals surface area contributed by atoms with Gasteiger partial charge in [-0.05, 0) is 24.6 Å². The zero-order valence-electron chi connectivity index (χ0n) is 15.5. The number of benzene rings is 1. The summed E-state index contributed by atoms with van der Waals surface area (Å²) in [5.74, 6) is 0. The Labute approximate surface area is 167 Å². The summed E-state index contributed by atoms with van der Waals surface area (Å²) >= 11 is 6.46. The second kappa shape index (κ2) is 8.16. The molecule has 0 amide bonds. The molecule has 0 spiro atoms. The number of imidazole rings is 1. The predicted molar refractivity (Wildman–Crippen MR) is 108 cm³/mol. The van der Waals surface area contributed by atoms with E-state index in [1.807, 2.05) is 19.1 Å². The molecule has 0 radical (unpaired) electrons. The Bertz CT molecular complexity index is 967. The van der Waals surface area contributed by atoms with E-state index in [4.69, 9.17) is 21.1 Å². The van der Waals surface area contributed by atoms with Crippen molar-refractivity contribution >= 4 is 34.7 Å². The van der Waals surface area contributed by atoms with E-state index < -0.39 is 6.10 Å². The summed E-state index contributed by atoms with van der Waals surface area (Å²) in [6.07, 6.45) is 0.785. The number of halogens is 1. The van der Waals surface area contributed by atoms with Crippen molar-refractivity contribution in [2.75, 3.05) is 31.2 Å². The Morgan fingerprint density at radius 2 is 2.04 bits per heavy atom. The van der Waals surface area contributed by atoms with Gasteiger partial charge in [-0.15, -0.1) is 0 Å². The molecule has 1 fully saturated rings. The Morgan fingerprint density at radius 3 is 2.71 bits per heavy atom. The van der Waals surface area contributed by atoms with E-state index in [-0.39, 0.29) is 6.01 Å². The zero-order chi connectivity index (χ0) is 19.5. The fourth-order valence-corrected chi connectivity index (χ4v) is 3.42. The van der Waals surface area contributed by atoms with Crippen molar-refractivity contribution in [3.05, 3.63) is 35.4 Å². The molecule has 7 nitrogen and oxygen atoms in total. The van der Waals surface area contributed by atoms with Gasteiger partial charge in [0.25, 0.3) is 6.01 Å². The molecule has 146 valence electrons. The third-order valence-corrected chi connectivity index (χ3v) is 5.03. The molecule has 2 aromatic heterocycles. The number of ether oxygens (including phenoxy) is 2. The summed E-state index contributed by atoms with van der Waals surface area (Å²) in [7, 11) is 0. The Hall–Kier alpha value is -2.64. The topological polar surface area (TPSA) is 80.3 Å². The Balaban J connectivity index is 1.60. The van der Waals surface area contributed by atoms with Crippen LogP contribution in [0.5, 0.6) is 6.01 Å². The van der Waals surface area contributed by atoms with Gasteiger partial charge in [-0.2, -0.15) is 4.98 Å². The summed E-state index contributed by atoms with van der Waals surface area (Å²) in [6.45, 7) is 5.14. The predicted octanol–water partition coefficient (Wildman–Crippen LogP) is 3.47. The number of carbonyl (C=O) groups excluding carboxylic acids is 1. The normalized spacial score (nSPS) is 15.6. The van der Waals surface area contributed by atoms with Crippen molar-refractivity contribution in [1.29, 1.82) is 0 Å². The average molecular weight is 401 g/mol. The molecule has 3 heterocycles. The van der Waals surface area contributed by atoms with Crippen LogP contribution in [0.25, 0.3) is 22.4 Å². The van der Waals surface area contributed by atoms with E-state index >= 15 is 0 Å². The first-order valence-corrected chi connectivity index (χ1v) is 9.67. The van der Waals surface area contributed by atoms with E-state index in [9.17, 15) is 4.79 Å². The molecule has 4 rings (SSSR count). The smallest absolute Gasteiger partial charge is 0.296 e. The van der Waals surface area contributed by atoms with Crippen LogP contribution in [-0.4, -0.2) is 53.6 Å². The first-order chi connectivity index (χ1) is 13.7. The fourth-order valence-electron chi connectivity index (χ4n) is 3.16.